The van der Waals surface area contributed by atoms with Gasteiger partial charge in [0.1, 0.15) is 0 Å². The van der Waals surface area contributed by atoms with Crippen molar-refractivity contribution in [3.63, 3.8) is 0 Å². The molecule has 0 atom stereocenters. The van der Waals surface area contributed by atoms with Gasteiger partial charge in [0.2, 0.25) is 5.82 Å². The smallest absolute Gasteiger partial charge is 0.295 e. The maximum atomic E-state index is 13.2. The van der Waals surface area contributed by atoms with Gasteiger partial charge in [0.05, 0.1) is 5.69 Å². The molecule has 0 radical (unpaired) electrons. The standard InChI is InChI=1S/C26H25BrN4O/c1-16(2)22-15-20(27)12-13-23(22)28-26(32)24-29-25(19-10-8-17(3)9-11-19)31(30-24)21-7-5-6-18(4)14-21/h5-16H,1-4H3,(H,28,32). The molecule has 1 aromatic heterocycles. The summed E-state index contributed by atoms with van der Waals surface area (Å²) in [5.74, 6) is 0.665. The fourth-order valence-electron chi connectivity index (χ4n) is 3.54. The summed E-state index contributed by atoms with van der Waals surface area (Å²) in [5.41, 5.74) is 5.83. The lowest BCUT2D eigenvalue weighted by atomic mass is 10.0. The van der Waals surface area contributed by atoms with Crippen LogP contribution < -0.4 is 5.32 Å². The van der Waals surface area contributed by atoms with Crippen molar-refractivity contribution in [1.29, 1.82) is 0 Å². The van der Waals surface area contributed by atoms with Crippen LogP contribution in [0.2, 0.25) is 0 Å². The van der Waals surface area contributed by atoms with Gasteiger partial charge in [-0.1, -0.05) is 71.7 Å². The van der Waals surface area contributed by atoms with E-state index in [1.165, 1.54) is 0 Å². The van der Waals surface area contributed by atoms with E-state index in [-0.39, 0.29) is 17.6 Å². The van der Waals surface area contributed by atoms with Crippen molar-refractivity contribution in [2.45, 2.75) is 33.6 Å². The molecule has 4 rings (SSSR count). The predicted molar refractivity (Wildman–Crippen MR) is 132 cm³/mol. The first-order valence-corrected chi connectivity index (χ1v) is 11.3. The zero-order valence-corrected chi connectivity index (χ0v) is 20.1. The first-order chi connectivity index (χ1) is 15.3. The van der Waals surface area contributed by atoms with E-state index in [0.717, 1.165) is 38.1 Å². The number of aryl methyl sites for hydroxylation is 2. The molecule has 0 spiro atoms. The van der Waals surface area contributed by atoms with Crippen molar-refractivity contribution in [1.82, 2.24) is 14.8 Å². The molecule has 0 aliphatic carbocycles. The Kier molecular flexibility index (Phi) is 6.24. The van der Waals surface area contributed by atoms with Crippen LogP contribution in [0.1, 0.15) is 47.1 Å². The third-order valence-electron chi connectivity index (χ3n) is 5.25. The van der Waals surface area contributed by atoms with Gasteiger partial charge in [-0.05, 0) is 61.2 Å². The molecular formula is C26H25BrN4O. The molecule has 1 heterocycles. The summed E-state index contributed by atoms with van der Waals surface area (Å²) >= 11 is 3.51. The van der Waals surface area contributed by atoms with Crippen molar-refractivity contribution in [2.75, 3.05) is 5.32 Å². The zero-order chi connectivity index (χ0) is 22.8. The van der Waals surface area contributed by atoms with Crippen molar-refractivity contribution in [2.24, 2.45) is 0 Å². The Hall–Kier alpha value is -3.25. The summed E-state index contributed by atoms with van der Waals surface area (Å²) in [6, 6.07) is 21.9. The molecule has 0 aliphatic heterocycles. The first kappa shape index (κ1) is 22.0. The zero-order valence-electron chi connectivity index (χ0n) is 18.6. The van der Waals surface area contributed by atoms with Gasteiger partial charge in [0, 0.05) is 15.7 Å². The summed E-state index contributed by atoms with van der Waals surface area (Å²) in [6.45, 7) is 8.26. The SMILES string of the molecule is Cc1ccc(-c2nc(C(=O)Nc3ccc(Br)cc3C(C)C)nn2-c2cccc(C)c2)cc1. The quantitative estimate of drug-likeness (QED) is 0.340. The number of hydrogen-bond acceptors (Lipinski definition) is 3. The topological polar surface area (TPSA) is 59.8 Å². The van der Waals surface area contributed by atoms with Gasteiger partial charge < -0.3 is 5.32 Å². The second-order valence-corrected chi connectivity index (χ2v) is 9.13. The Bertz CT molecular complexity index is 1280. The fourth-order valence-corrected chi connectivity index (χ4v) is 3.92. The van der Waals surface area contributed by atoms with Crippen molar-refractivity contribution < 1.29 is 4.79 Å². The molecule has 0 saturated heterocycles. The number of nitrogens with zero attached hydrogens (tertiary/aromatic N) is 3. The molecular weight excluding hydrogens is 464 g/mol. The van der Waals surface area contributed by atoms with Gasteiger partial charge in [-0.15, -0.1) is 5.10 Å². The molecule has 3 aromatic carbocycles. The number of aromatic nitrogens is 3. The maximum Gasteiger partial charge on any atom is 0.295 e. The van der Waals surface area contributed by atoms with E-state index in [9.17, 15) is 4.79 Å². The van der Waals surface area contributed by atoms with E-state index in [1.807, 2.05) is 80.6 Å². The molecule has 1 amide bonds. The van der Waals surface area contributed by atoms with E-state index >= 15 is 0 Å². The summed E-state index contributed by atoms with van der Waals surface area (Å²) < 4.78 is 2.71. The van der Waals surface area contributed by atoms with Crippen LogP contribution in [0.3, 0.4) is 0 Å². The number of carbonyl (C=O) groups is 1. The van der Waals surface area contributed by atoms with E-state index < -0.39 is 0 Å². The van der Waals surface area contributed by atoms with Crippen molar-refractivity contribution >= 4 is 27.5 Å². The lowest BCUT2D eigenvalue weighted by molar-refractivity contribution is 0.101. The van der Waals surface area contributed by atoms with Crippen LogP contribution in [0.25, 0.3) is 17.1 Å². The second kappa shape index (κ2) is 9.09. The van der Waals surface area contributed by atoms with Gasteiger partial charge in [0.15, 0.2) is 5.82 Å². The second-order valence-electron chi connectivity index (χ2n) is 8.22. The summed E-state index contributed by atoms with van der Waals surface area (Å²) in [4.78, 5) is 17.8. The van der Waals surface area contributed by atoms with Gasteiger partial charge in [-0.25, -0.2) is 9.67 Å². The highest BCUT2D eigenvalue weighted by Gasteiger charge is 2.20. The average molecular weight is 489 g/mol. The van der Waals surface area contributed by atoms with E-state index in [0.29, 0.717) is 5.82 Å². The van der Waals surface area contributed by atoms with Gasteiger partial charge in [0.25, 0.3) is 5.91 Å². The van der Waals surface area contributed by atoms with Gasteiger partial charge >= 0.3 is 0 Å². The summed E-state index contributed by atoms with van der Waals surface area (Å²) in [5, 5.41) is 7.59. The molecule has 0 saturated carbocycles. The number of amides is 1. The Morgan fingerprint density at radius 1 is 0.969 bits per heavy atom. The van der Waals surface area contributed by atoms with E-state index in [2.05, 4.69) is 45.2 Å². The molecule has 6 heteroatoms. The van der Waals surface area contributed by atoms with Crippen LogP contribution >= 0.6 is 15.9 Å². The maximum absolute atomic E-state index is 13.2. The number of nitrogens with one attached hydrogen (secondary N) is 1. The summed E-state index contributed by atoms with van der Waals surface area (Å²) in [7, 11) is 0. The number of benzene rings is 3. The van der Waals surface area contributed by atoms with Crippen molar-refractivity contribution in [3.05, 3.63) is 93.7 Å². The third kappa shape index (κ3) is 4.65. The van der Waals surface area contributed by atoms with Gasteiger partial charge in [-0.2, -0.15) is 0 Å². The minimum atomic E-state index is -0.339. The van der Waals surface area contributed by atoms with Crippen LogP contribution in [0.4, 0.5) is 5.69 Å². The van der Waals surface area contributed by atoms with Gasteiger partial charge in [-0.3, -0.25) is 4.79 Å². The molecule has 4 aromatic rings. The predicted octanol–water partition coefficient (Wildman–Crippen LogP) is 6.69. The minimum Gasteiger partial charge on any atom is -0.319 e. The number of rotatable bonds is 5. The van der Waals surface area contributed by atoms with Crippen LogP contribution in [0, 0.1) is 13.8 Å². The largest absolute Gasteiger partial charge is 0.319 e. The number of halogens is 1. The Morgan fingerprint density at radius 2 is 1.72 bits per heavy atom. The molecule has 162 valence electrons. The molecule has 0 unspecified atom stereocenters. The molecule has 0 fully saturated rings. The van der Waals surface area contributed by atoms with E-state index in [1.54, 1.807) is 4.68 Å². The van der Waals surface area contributed by atoms with Crippen LogP contribution in [-0.4, -0.2) is 20.7 Å². The Balaban J connectivity index is 1.76. The molecule has 0 aliphatic rings. The monoisotopic (exact) mass is 488 g/mol. The van der Waals surface area contributed by atoms with Crippen LogP contribution in [0.15, 0.2) is 71.2 Å². The highest BCUT2D eigenvalue weighted by molar-refractivity contribution is 9.10. The lowest BCUT2D eigenvalue weighted by Gasteiger charge is -2.13. The number of carbonyl (C=O) groups excluding carboxylic acids is 1. The molecule has 32 heavy (non-hydrogen) atoms. The summed E-state index contributed by atoms with van der Waals surface area (Å²) in [6.07, 6.45) is 0. The molecule has 5 nitrogen and oxygen atoms in total. The third-order valence-corrected chi connectivity index (χ3v) is 5.74. The van der Waals surface area contributed by atoms with Crippen LogP contribution in [-0.2, 0) is 0 Å². The van der Waals surface area contributed by atoms with Crippen LogP contribution in [0.5, 0.6) is 0 Å². The first-order valence-electron chi connectivity index (χ1n) is 10.5. The fraction of sp³-hybridized carbons (Fsp3) is 0.192. The normalized spacial score (nSPS) is 11.1. The lowest BCUT2D eigenvalue weighted by Crippen LogP contribution is -2.16. The average Bonchev–Trinajstić information content (AvgIpc) is 3.21. The highest BCUT2D eigenvalue weighted by Crippen LogP contribution is 2.28. The Labute approximate surface area is 196 Å². The number of hydrogen-bond donors (Lipinski definition) is 1. The Morgan fingerprint density at radius 3 is 2.41 bits per heavy atom. The minimum absolute atomic E-state index is 0.125. The molecule has 1 N–H and O–H groups in total. The molecule has 0 bridgehead atoms. The number of anilines is 1. The highest BCUT2D eigenvalue weighted by atomic mass is 79.9. The van der Waals surface area contributed by atoms with Crippen molar-refractivity contribution in [3.8, 4) is 17.1 Å². The van der Waals surface area contributed by atoms with E-state index in [4.69, 9.17) is 0 Å².